The van der Waals surface area contributed by atoms with Crippen molar-refractivity contribution in [3.63, 3.8) is 0 Å². The van der Waals surface area contributed by atoms with Gasteiger partial charge in [-0.25, -0.2) is 0 Å². The summed E-state index contributed by atoms with van der Waals surface area (Å²) in [6.45, 7) is 10.4. The zero-order valence-electron chi connectivity index (χ0n) is 11.5. The molecule has 0 aromatic carbocycles. The monoisotopic (exact) mass is 244 g/mol. The number of rotatable bonds is 7. The highest BCUT2D eigenvalue weighted by molar-refractivity contribution is 4.81. The van der Waals surface area contributed by atoms with Crippen LogP contribution in [-0.2, 0) is 9.47 Å². The van der Waals surface area contributed by atoms with Gasteiger partial charge in [0, 0.05) is 32.3 Å². The number of likely N-dealkylation sites (tertiary alicyclic amines) is 1. The molecule has 0 aliphatic carbocycles. The zero-order chi connectivity index (χ0) is 12.7. The largest absolute Gasteiger partial charge is 0.352 e. The van der Waals surface area contributed by atoms with Crippen LogP contribution in [0.25, 0.3) is 0 Å². The smallest absolute Gasteiger partial charge is 0.170 e. The molecule has 0 aromatic rings. The molecule has 17 heavy (non-hydrogen) atoms. The number of nitrogens with two attached hydrogens (primary N) is 1. The van der Waals surface area contributed by atoms with Crippen LogP contribution in [0, 0.1) is 5.92 Å². The average Bonchev–Trinajstić information content (AvgIpc) is 2.32. The van der Waals surface area contributed by atoms with Crippen LogP contribution in [0.1, 0.15) is 33.6 Å². The van der Waals surface area contributed by atoms with Crippen LogP contribution in [0.2, 0.25) is 0 Å². The van der Waals surface area contributed by atoms with E-state index in [-0.39, 0.29) is 6.29 Å². The minimum atomic E-state index is -0.104. The van der Waals surface area contributed by atoms with Crippen LogP contribution < -0.4 is 5.73 Å². The standard InChI is InChI=1S/C13H28N2O2/c1-4-16-13(17-5-2)10-15-7-6-11(3)8-12(15)9-14/h11-13H,4-10,14H2,1-3H3. The van der Waals surface area contributed by atoms with Crippen molar-refractivity contribution in [1.82, 2.24) is 4.90 Å². The Hall–Kier alpha value is -0.160. The first kappa shape index (κ1) is 14.9. The molecule has 0 aromatic heterocycles. The van der Waals surface area contributed by atoms with Gasteiger partial charge in [-0.05, 0) is 39.2 Å². The Bertz CT molecular complexity index is 196. The fraction of sp³-hybridized carbons (Fsp3) is 1.00. The number of hydrogen-bond donors (Lipinski definition) is 1. The van der Waals surface area contributed by atoms with Crippen LogP contribution in [0.15, 0.2) is 0 Å². The van der Waals surface area contributed by atoms with Gasteiger partial charge in [0.1, 0.15) is 0 Å². The second kappa shape index (κ2) is 8.03. The Labute approximate surface area is 105 Å². The van der Waals surface area contributed by atoms with E-state index in [4.69, 9.17) is 15.2 Å². The zero-order valence-corrected chi connectivity index (χ0v) is 11.5. The fourth-order valence-corrected chi connectivity index (χ4v) is 2.50. The number of nitrogens with zero attached hydrogens (tertiary/aromatic N) is 1. The lowest BCUT2D eigenvalue weighted by molar-refractivity contribution is -0.153. The van der Waals surface area contributed by atoms with E-state index in [0.717, 1.165) is 25.6 Å². The molecule has 1 rings (SSSR count). The first-order valence-electron chi connectivity index (χ1n) is 6.88. The minimum absolute atomic E-state index is 0.104. The van der Waals surface area contributed by atoms with E-state index in [1.165, 1.54) is 12.8 Å². The highest BCUT2D eigenvalue weighted by Crippen LogP contribution is 2.22. The molecule has 1 saturated heterocycles. The molecule has 4 nitrogen and oxygen atoms in total. The third-order valence-electron chi connectivity index (χ3n) is 3.46. The molecule has 2 unspecified atom stereocenters. The van der Waals surface area contributed by atoms with Crippen molar-refractivity contribution in [2.24, 2.45) is 11.7 Å². The lowest BCUT2D eigenvalue weighted by Crippen LogP contribution is -2.49. The van der Waals surface area contributed by atoms with Crippen molar-refractivity contribution in [1.29, 1.82) is 0 Å². The maximum atomic E-state index is 5.86. The van der Waals surface area contributed by atoms with Crippen LogP contribution in [0.4, 0.5) is 0 Å². The molecule has 0 radical (unpaired) electrons. The van der Waals surface area contributed by atoms with Gasteiger partial charge in [0.2, 0.25) is 0 Å². The predicted molar refractivity (Wildman–Crippen MR) is 69.9 cm³/mol. The van der Waals surface area contributed by atoms with Crippen LogP contribution in [0.3, 0.4) is 0 Å². The Balaban J connectivity index is 2.45. The Morgan fingerprint density at radius 1 is 1.29 bits per heavy atom. The highest BCUT2D eigenvalue weighted by atomic mass is 16.7. The third-order valence-corrected chi connectivity index (χ3v) is 3.46. The van der Waals surface area contributed by atoms with E-state index in [1.54, 1.807) is 0 Å². The molecule has 1 fully saturated rings. The van der Waals surface area contributed by atoms with Gasteiger partial charge < -0.3 is 15.2 Å². The number of hydrogen-bond acceptors (Lipinski definition) is 4. The Kier molecular flexibility index (Phi) is 7.04. The number of piperidine rings is 1. The SMILES string of the molecule is CCOC(CN1CCC(C)CC1CN)OCC. The van der Waals surface area contributed by atoms with E-state index in [2.05, 4.69) is 11.8 Å². The van der Waals surface area contributed by atoms with Gasteiger partial charge in [-0.15, -0.1) is 0 Å². The highest BCUT2D eigenvalue weighted by Gasteiger charge is 2.27. The summed E-state index contributed by atoms with van der Waals surface area (Å²) in [6, 6.07) is 0.488. The molecule has 1 heterocycles. The lowest BCUT2D eigenvalue weighted by Gasteiger charge is -2.39. The molecule has 0 amide bonds. The first-order chi connectivity index (χ1) is 8.21. The summed E-state index contributed by atoms with van der Waals surface area (Å²) in [6.07, 6.45) is 2.34. The van der Waals surface area contributed by atoms with Gasteiger partial charge in [0.15, 0.2) is 6.29 Å². The first-order valence-corrected chi connectivity index (χ1v) is 6.88. The summed E-state index contributed by atoms with van der Waals surface area (Å²) < 4.78 is 11.2. The van der Waals surface area contributed by atoms with E-state index in [1.807, 2.05) is 13.8 Å². The van der Waals surface area contributed by atoms with Gasteiger partial charge >= 0.3 is 0 Å². The van der Waals surface area contributed by atoms with Gasteiger partial charge in [-0.2, -0.15) is 0 Å². The van der Waals surface area contributed by atoms with Gasteiger partial charge in [-0.3, -0.25) is 4.90 Å². The second-order valence-corrected chi connectivity index (χ2v) is 4.85. The molecular formula is C13H28N2O2. The topological polar surface area (TPSA) is 47.7 Å². The van der Waals surface area contributed by atoms with Gasteiger partial charge in [0.25, 0.3) is 0 Å². The summed E-state index contributed by atoms with van der Waals surface area (Å²) in [7, 11) is 0. The summed E-state index contributed by atoms with van der Waals surface area (Å²) in [5.41, 5.74) is 5.86. The van der Waals surface area contributed by atoms with Crippen molar-refractivity contribution < 1.29 is 9.47 Å². The van der Waals surface area contributed by atoms with E-state index < -0.39 is 0 Å². The number of ether oxygens (including phenoxy) is 2. The molecule has 0 spiro atoms. The van der Waals surface area contributed by atoms with Crippen LogP contribution in [-0.4, -0.2) is 50.1 Å². The molecule has 4 heteroatoms. The maximum absolute atomic E-state index is 5.86. The molecular weight excluding hydrogens is 216 g/mol. The summed E-state index contributed by atoms with van der Waals surface area (Å²) >= 11 is 0. The third kappa shape index (κ3) is 4.92. The molecule has 1 aliphatic rings. The molecule has 102 valence electrons. The Morgan fingerprint density at radius 2 is 1.94 bits per heavy atom. The quantitative estimate of drug-likeness (QED) is 0.689. The second-order valence-electron chi connectivity index (χ2n) is 4.85. The summed E-state index contributed by atoms with van der Waals surface area (Å²) in [4.78, 5) is 2.43. The summed E-state index contributed by atoms with van der Waals surface area (Å²) in [5, 5.41) is 0. The van der Waals surface area contributed by atoms with E-state index >= 15 is 0 Å². The molecule has 2 atom stereocenters. The maximum Gasteiger partial charge on any atom is 0.170 e. The van der Waals surface area contributed by atoms with E-state index in [0.29, 0.717) is 19.3 Å². The molecule has 2 N–H and O–H groups in total. The van der Waals surface area contributed by atoms with Crippen molar-refractivity contribution in [3.8, 4) is 0 Å². The lowest BCUT2D eigenvalue weighted by atomic mass is 9.92. The molecule has 0 saturated carbocycles. The van der Waals surface area contributed by atoms with Crippen LogP contribution in [0.5, 0.6) is 0 Å². The Morgan fingerprint density at radius 3 is 2.47 bits per heavy atom. The summed E-state index contributed by atoms with van der Waals surface area (Å²) in [5.74, 6) is 0.789. The fourth-order valence-electron chi connectivity index (χ4n) is 2.50. The molecule has 0 bridgehead atoms. The predicted octanol–water partition coefficient (Wildman–Crippen LogP) is 1.44. The van der Waals surface area contributed by atoms with Crippen molar-refractivity contribution >= 4 is 0 Å². The van der Waals surface area contributed by atoms with Gasteiger partial charge in [0.05, 0.1) is 0 Å². The van der Waals surface area contributed by atoms with Crippen molar-refractivity contribution in [2.75, 3.05) is 32.8 Å². The molecule has 1 aliphatic heterocycles. The van der Waals surface area contributed by atoms with Crippen LogP contribution >= 0.6 is 0 Å². The van der Waals surface area contributed by atoms with Crippen molar-refractivity contribution in [3.05, 3.63) is 0 Å². The minimum Gasteiger partial charge on any atom is -0.352 e. The van der Waals surface area contributed by atoms with Crippen molar-refractivity contribution in [2.45, 2.75) is 45.9 Å². The average molecular weight is 244 g/mol. The van der Waals surface area contributed by atoms with E-state index in [9.17, 15) is 0 Å². The normalized spacial score (nSPS) is 26.6. The van der Waals surface area contributed by atoms with Gasteiger partial charge in [-0.1, -0.05) is 6.92 Å².